The van der Waals surface area contributed by atoms with Crippen LogP contribution in [0.2, 0.25) is 5.02 Å². The lowest BCUT2D eigenvalue weighted by molar-refractivity contribution is 0.124. The predicted octanol–water partition coefficient (Wildman–Crippen LogP) is 4.79. The van der Waals surface area contributed by atoms with Gasteiger partial charge in [0.15, 0.2) is 0 Å². The van der Waals surface area contributed by atoms with E-state index in [1.165, 1.54) is 6.07 Å². The van der Waals surface area contributed by atoms with Gasteiger partial charge in [0.1, 0.15) is 17.2 Å². The third kappa shape index (κ3) is 3.29. The van der Waals surface area contributed by atoms with E-state index in [0.29, 0.717) is 6.61 Å². The number of ether oxygens (including phenoxy) is 1. The van der Waals surface area contributed by atoms with Gasteiger partial charge >= 0.3 is 0 Å². The molecule has 1 aromatic carbocycles. The Bertz CT molecular complexity index is 934. The fourth-order valence-electron chi connectivity index (χ4n) is 3.46. The third-order valence-corrected chi connectivity index (χ3v) is 5.44. The highest BCUT2D eigenvalue weighted by Crippen LogP contribution is 2.37. The first-order valence-electron chi connectivity index (χ1n) is 8.81. The molecule has 2 N–H and O–H groups in total. The Kier molecular flexibility index (Phi) is 4.59. The van der Waals surface area contributed by atoms with Crippen LogP contribution < -0.4 is 10.1 Å². The van der Waals surface area contributed by atoms with Crippen LogP contribution in [0, 0.1) is 11.2 Å². The Morgan fingerprint density at radius 1 is 1.27 bits per heavy atom. The monoisotopic (exact) mass is 373 g/mol. The summed E-state index contributed by atoms with van der Waals surface area (Å²) in [5.74, 6) is 0.357. The molecule has 1 saturated heterocycles. The molecule has 0 amide bonds. The van der Waals surface area contributed by atoms with Crippen molar-refractivity contribution < 1.29 is 9.13 Å². The number of aromatic nitrogens is 2. The van der Waals surface area contributed by atoms with E-state index in [9.17, 15) is 4.39 Å². The number of hydrogen-bond acceptors (Lipinski definition) is 3. The molecule has 1 aliphatic heterocycles. The van der Waals surface area contributed by atoms with Gasteiger partial charge in [0.2, 0.25) is 0 Å². The first-order chi connectivity index (χ1) is 12.6. The zero-order valence-corrected chi connectivity index (χ0v) is 15.4. The minimum Gasteiger partial charge on any atom is -0.492 e. The third-order valence-electron chi connectivity index (χ3n) is 5.15. The molecule has 3 aromatic rings. The van der Waals surface area contributed by atoms with Crippen molar-refractivity contribution in [2.75, 3.05) is 19.7 Å². The predicted molar refractivity (Wildman–Crippen MR) is 102 cm³/mol. The zero-order valence-electron chi connectivity index (χ0n) is 14.6. The van der Waals surface area contributed by atoms with E-state index < -0.39 is 5.82 Å². The lowest BCUT2D eigenvalue weighted by Crippen LogP contribution is -2.38. The smallest absolute Gasteiger partial charge is 0.141 e. The molecule has 0 aliphatic carbocycles. The van der Waals surface area contributed by atoms with E-state index in [1.807, 2.05) is 12.3 Å². The summed E-state index contributed by atoms with van der Waals surface area (Å²) in [6, 6.07) is 6.61. The van der Waals surface area contributed by atoms with E-state index in [1.54, 1.807) is 18.3 Å². The number of halogens is 2. The van der Waals surface area contributed by atoms with Gasteiger partial charge in [-0.2, -0.15) is 0 Å². The van der Waals surface area contributed by atoms with Crippen LogP contribution in [0.4, 0.5) is 4.39 Å². The molecule has 1 fully saturated rings. The van der Waals surface area contributed by atoms with Gasteiger partial charge in [-0.25, -0.2) is 9.37 Å². The molecule has 0 radical (unpaired) electrons. The molecule has 26 heavy (non-hydrogen) atoms. The number of hydrogen-bond donors (Lipinski definition) is 2. The van der Waals surface area contributed by atoms with Crippen molar-refractivity contribution in [1.29, 1.82) is 0 Å². The Morgan fingerprint density at radius 2 is 2.08 bits per heavy atom. The number of pyridine rings is 1. The molecule has 3 heterocycles. The standard InChI is InChI=1S/C20H21ClFN3O/c1-20(5-8-23-9-6-20)12-26-17-4-7-24-19-18(17)14(11-25-19)13-2-3-16(22)15(21)10-13/h2-4,7,10-11,23H,5-6,8-9,12H2,1H3,(H,24,25). The van der Waals surface area contributed by atoms with Gasteiger partial charge in [-0.05, 0) is 49.7 Å². The van der Waals surface area contributed by atoms with E-state index >= 15 is 0 Å². The molecular formula is C20H21ClFN3O. The summed E-state index contributed by atoms with van der Waals surface area (Å²) in [4.78, 5) is 7.56. The minimum atomic E-state index is -0.427. The number of benzene rings is 1. The van der Waals surface area contributed by atoms with Crippen molar-refractivity contribution in [3.63, 3.8) is 0 Å². The van der Waals surface area contributed by atoms with Gasteiger partial charge in [-0.1, -0.05) is 24.6 Å². The van der Waals surface area contributed by atoms with Crippen molar-refractivity contribution >= 4 is 22.6 Å². The Hall–Kier alpha value is -2.11. The molecular weight excluding hydrogens is 353 g/mol. The van der Waals surface area contributed by atoms with Crippen LogP contribution in [-0.2, 0) is 0 Å². The molecule has 0 atom stereocenters. The van der Waals surface area contributed by atoms with Crippen LogP contribution >= 0.6 is 11.6 Å². The van der Waals surface area contributed by atoms with Crippen LogP contribution in [0.5, 0.6) is 5.75 Å². The average Bonchev–Trinajstić information content (AvgIpc) is 3.08. The van der Waals surface area contributed by atoms with E-state index in [-0.39, 0.29) is 10.4 Å². The van der Waals surface area contributed by atoms with E-state index in [0.717, 1.165) is 53.8 Å². The van der Waals surface area contributed by atoms with Crippen LogP contribution in [0.25, 0.3) is 22.2 Å². The lowest BCUT2D eigenvalue weighted by atomic mass is 9.82. The normalized spacial score (nSPS) is 16.7. The zero-order chi connectivity index (χ0) is 18.1. The van der Waals surface area contributed by atoms with Gasteiger partial charge in [-0.15, -0.1) is 0 Å². The summed E-state index contributed by atoms with van der Waals surface area (Å²) >= 11 is 5.96. The fourth-order valence-corrected chi connectivity index (χ4v) is 3.65. The maximum Gasteiger partial charge on any atom is 0.141 e. The summed E-state index contributed by atoms with van der Waals surface area (Å²) in [5.41, 5.74) is 2.64. The molecule has 0 spiro atoms. The van der Waals surface area contributed by atoms with Crippen molar-refractivity contribution in [3.8, 4) is 16.9 Å². The molecule has 4 rings (SSSR count). The molecule has 136 valence electrons. The van der Waals surface area contributed by atoms with Crippen LogP contribution in [0.15, 0.2) is 36.7 Å². The molecule has 0 bridgehead atoms. The maximum absolute atomic E-state index is 13.5. The highest BCUT2D eigenvalue weighted by molar-refractivity contribution is 6.31. The number of aromatic amines is 1. The second kappa shape index (κ2) is 6.89. The molecule has 0 unspecified atom stereocenters. The van der Waals surface area contributed by atoms with Gasteiger partial charge in [0.05, 0.1) is 17.0 Å². The Morgan fingerprint density at radius 3 is 2.85 bits per heavy atom. The Labute approximate surface area is 156 Å². The van der Waals surface area contributed by atoms with Gasteiger partial charge in [-0.3, -0.25) is 0 Å². The van der Waals surface area contributed by atoms with Crippen LogP contribution in [0.1, 0.15) is 19.8 Å². The quantitative estimate of drug-likeness (QED) is 0.691. The summed E-state index contributed by atoms with van der Waals surface area (Å²) in [6.07, 6.45) is 5.78. The molecule has 4 nitrogen and oxygen atoms in total. The minimum absolute atomic E-state index is 0.102. The SMILES string of the molecule is CC1(COc2ccnc3[nH]cc(-c4ccc(F)c(Cl)c4)c23)CCNCC1. The van der Waals surface area contributed by atoms with E-state index in [2.05, 4.69) is 22.2 Å². The number of nitrogens with zero attached hydrogens (tertiary/aromatic N) is 1. The maximum atomic E-state index is 13.5. The van der Waals surface area contributed by atoms with Gasteiger partial charge < -0.3 is 15.0 Å². The number of rotatable bonds is 4. The molecule has 1 aliphatic rings. The molecule has 2 aromatic heterocycles. The highest BCUT2D eigenvalue weighted by atomic mass is 35.5. The average molecular weight is 374 g/mol. The first kappa shape index (κ1) is 17.3. The van der Waals surface area contributed by atoms with Crippen LogP contribution in [-0.4, -0.2) is 29.7 Å². The summed E-state index contributed by atoms with van der Waals surface area (Å²) in [6.45, 7) is 4.97. The summed E-state index contributed by atoms with van der Waals surface area (Å²) in [5, 5.41) is 4.39. The van der Waals surface area contributed by atoms with E-state index in [4.69, 9.17) is 16.3 Å². The number of nitrogens with one attached hydrogen (secondary N) is 2. The fraction of sp³-hybridized carbons (Fsp3) is 0.350. The topological polar surface area (TPSA) is 49.9 Å². The molecule has 0 saturated carbocycles. The molecule has 6 heteroatoms. The number of H-pyrrole nitrogens is 1. The summed E-state index contributed by atoms with van der Waals surface area (Å²) < 4.78 is 19.8. The number of piperidine rings is 1. The van der Waals surface area contributed by atoms with Crippen molar-refractivity contribution in [2.24, 2.45) is 5.41 Å². The van der Waals surface area contributed by atoms with Crippen LogP contribution in [0.3, 0.4) is 0 Å². The van der Waals surface area contributed by atoms with Gasteiger partial charge in [0.25, 0.3) is 0 Å². The highest BCUT2D eigenvalue weighted by Gasteiger charge is 2.28. The lowest BCUT2D eigenvalue weighted by Gasteiger charge is -2.33. The largest absolute Gasteiger partial charge is 0.492 e. The van der Waals surface area contributed by atoms with Gasteiger partial charge in [0, 0.05) is 23.4 Å². The van der Waals surface area contributed by atoms with Crippen molar-refractivity contribution in [1.82, 2.24) is 15.3 Å². The Balaban J connectivity index is 1.69. The second-order valence-electron chi connectivity index (χ2n) is 7.21. The second-order valence-corrected chi connectivity index (χ2v) is 7.62. The van der Waals surface area contributed by atoms with Crippen molar-refractivity contribution in [3.05, 3.63) is 47.5 Å². The number of fused-ring (bicyclic) bond motifs is 1. The summed E-state index contributed by atoms with van der Waals surface area (Å²) in [7, 11) is 0. The first-order valence-corrected chi connectivity index (χ1v) is 9.19. The van der Waals surface area contributed by atoms with Crippen molar-refractivity contribution in [2.45, 2.75) is 19.8 Å².